The van der Waals surface area contributed by atoms with Crippen LogP contribution in [0.5, 0.6) is 0 Å². The van der Waals surface area contributed by atoms with Crippen molar-refractivity contribution in [3.8, 4) is 0 Å². The van der Waals surface area contributed by atoms with E-state index in [2.05, 4.69) is 12.6 Å². The molecule has 1 saturated heterocycles. The van der Waals surface area contributed by atoms with Crippen LogP contribution in [0.15, 0.2) is 0 Å². The van der Waals surface area contributed by atoms with Gasteiger partial charge in [0.15, 0.2) is 0 Å². The maximum Gasteiger partial charge on any atom is 0.243 e. The molecular weight excluding hydrogens is 192 g/mol. The van der Waals surface area contributed by atoms with Crippen LogP contribution >= 0.6 is 12.6 Å². The highest BCUT2D eigenvalue weighted by molar-refractivity contribution is 7.80. The molecule has 1 aliphatic rings. The average molecular weight is 206 g/mol. The summed E-state index contributed by atoms with van der Waals surface area (Å²) in [4.78, 5) is 10.3. The fraction of sp³-hybridized carbons (Fsp3) is 0.857. The van der Waals surface area contributed by atoms with Crippen LogP contribution < -0.4 is 11.5 Å². The number of ether oxygens (including phenoxy) is 2. The van der Waals surface area contributed by atoms with Crippen LogP contribution in [-0.2, 0) is 14.3 Å². The lowest BCUT2D eigenvalue weighted by atomic mass is 10.2. The minimum Gasteiger partial charge on any atom is -0.369 e. The molecule has 1 fully saturated rings. The third-order valence-electron chi connectivity index (χ3n) is 1.81. The average Bonchev–Trinajstić information content (AvgIpc) is 2.29. The molecule has 0 saturated carbocycles. The molecule has 0 spiro atoms. The molecule has 0 aliphatic carbocycles. The van der Waals surface area contributed by atoms with Crippen LogP contribution in [0.2, 0.25) is 0 Å². The van der Waals surface area contributed by atoms with Gasteiger partial charge in [-0.2, -0.15) is 0 Å². The van der Waals surface area contributed by atoms with E-state index >= 15 is 0 Å². The van der Waals surface area contributed by atoms with Gasteiger partial charge in [-0.1, -0.05) is 0 Å². The van der Waals surface area contributed by atoms with E-state index in [1.165, 1.54) is 0 Å². The summed E-state index contributed by atoms with van der Waals surface area (Å²) in [6, 6.07) is -0.0737. The van der Waals surface area contributed by atoms with E-state index in [1.807, 2.05) is 0 Å². The van der Waals surface area contributed by atoms with Gasteiger partial charge in [0.2, 0.25) is 5.91 Å². The van der Waals surface area contributed by atoms with Crippen LogP contribution in [0.25, 0.3) is 0 Å². The Morgan fingerprint density at radius 2 is 2.38 bits per heavy atom. The molecule has 1 rings (SSSR count). The minimum absolute atomic E-state index is 0.0737. The van der Waals surface area contributed by atoms with Crippen molar-refractivity contribution in [1.82, 2.24) is 0 Å². The Morgan fingerprint density at radius 1 is 1.69 bits per heavy atom. The Labute approximate surface area is 82.1 Å². The van der Waals surface area contributed by atoms with Gasteiger partial charge in [0.25, 0.3) is 0 Å². The second-order valence-corrected chi connectivity index (χ2v) is 3.59. The Kier molecular flexibility index (Phi) is 3.98. The molecule has 6 heteroatoms. The van der Waals surface area contributed by atoms with Crippen LogP contribution in [0.1, 0.15) is 6.42 Å². The third kappa shape index (κ3) is 3.51. The topological polar surface area (TPSA) is 87.6 Å². The second-order valence-electron chi connectivity index (χ2n) is 3.01. The second kappa shape index (κ2) is 4.80. The number of nitrogens with two attached hydrogens (primary N) is 2. The molecule has 0 aromatic rings. The number of hydrogen-bond acceptors (Lipinski definition) is 5. The van der Waals surface area contributed by atoms with Crippen molar-refractivity contribution in [3.05, 3.63) is 0 Å². The first-order valence-electron chi connectivity index (χ1n) is 4.04. The van der Waals surface area contributed by atoms with E-state index in [1.54, 1.807) is 0 Å². The molecule has 4 N–H and O–H groups in total. The van der Waals surface area contributed by atoms with Gasteiger partial charge in [0, 0.05) is 12.5 Å². The predicted octanol–water partition coefficient (Wildman–Crippen LogP) is -1.14. The fourth-order valence-corrected chi connectivity index (χ4v) is 1.58. The molecule has 1 heterocycles. The van der Waals surface area contributed by atoms with E-state index in [4.69, 9.17) is 20.9 Å². The van der Waals surface area contributed by atoms with Gasteiger partial charge in [-0.3, -0.25) is 4.79 Å². The molecule has 76 valence electrons. The van der Waals surface area contributed by atoms with E-state index in [0.29, 0.717) is 13.0 Å². The maximum absolute atomic E-state index is 10.3. The zero-order valence-electron chi connectivity index (χ0n) is 7.18. The Bertz CT molecular complexity index is 191. The molecule has 0 bridgehead atoms. The largest absolute Gasteiger partial charge is 0.369 e. The normalized spacial score (nSPS) is 33.5. The van der Waals surface area contributed by atoms with Crippen molar-refractivity contribution < 1.29 is 14.3 Å². The van der Waals surface area contributed by atoms with Crippen LogP contribution in [0.3, 0.4) is 0 Å². The van der Waals surface area contributed by atoms with Gasteiger partial charge < -0.3 is 20.9 Å². The summed E-state index contributed by atoms with van der Waals surface area (Å²) in [6.45, 7) is 0.199. The lowest BCUT2D eigenvalue weighted by molar-refractivity contribution is -0.123. The highest BCUT2D eigenvalue weighted by Gasteiger charge is 2.30. The highest BCUT2D eigenvalue weighted by Crippen LogP contribution is 2.21. The first-order chi connectivity index (χ1) is 6.09. The standard InChI is InChI=1S/C7H14N2O3S/c8-4-1-7(13)12-5(4)2-11-3-6(9)10/h4-5,7,13H,1-3,8H2,(H2,9,10)/t4-,5-,7?/m1/s1. The van der Waals surface area contributed by atoms with Gasteiger partial charge >= 0.3 is 0 Å². The van der Waals surface area contributed by atoms with Gasteiger partial charge in [0.1, 0.15) is 12.0 Å². The van der Waals surface area contributed by atoms with Gasteiger partial charge in [0.05, 0.1) is 12.7 Å². The third-order valence-corrected chi connectivity index (χ3v) is 2.14. The van der Waals surface area contributed by atoms with Gasteiger partial charge in [-0.25, -0.2) is 0 Å². The summed E-state index contributed by atoms with van der Waals surface area (Å²) < 4.78 is 10.3. The molecule has 1 aliphatic heterocycles. The molecule has 0 aromatic carbocycles. The first kappa shape index (κ1) is 10.8. The van der Waals surface area contributed by atoms with Crippen LogP contribution in [0.4, 0.5) is 0 Å². The number of carbonyl (C=O) groups is 1. The summed E-state index contributed by atoms with van der Waals surface area (Å²) in [6.07, 6.45) is 0.523. The Hall–Kier alpha value is -0.300. The van der Waals surface area contributed by atoms with Crippen LogP contribution in [-0.4, -0.2) is 36.7 Å². The summed E-state index contributed by atoms with van der Waals surface area (Å²) >= 11 is 4.12. The summed E-state index contributed by atoms with van der Waals surface area (Å²) in [7, 11) is 0. The molecule has 5 nitrogen and oxygen atoms in total. The van der Waals surface area contributed by atoms with Gasteiger partial charge in [-0.05, 0) is 0 Å². The van der Waals surface area contributed by atoms with E-state index < -0.39 is 5.91 Å². The Morgan fingerprint density at radius 3 is 2.85 bits per heavy atom. The minimum atomic E-state index is -0.492. The molecule has 1 unspecified atom stereocenters. The number of hydrogen-bond donors (Lipinski definition) is 3. The fourth-order valence-electron chi connectivity index (χ4n) is 1.18. The van der Waals surface area contributed by atoms with Crippen molar-refractivity contribution in [3.63, 3.8) is 0 Å². The predicted molar refractivity (Wildman–Crippen MR) is 50.3 cm³/mol. The summed E-state index contributed by atoms with van der Waals surface area (Å²) in [5.74, 6) is -0.492. The van der Waals surface area contributed by atoms with E-state index in [9.17, 15) is 4.79 Å². The smallest absolute Gasteiger partial charge is 0.243 e. The maximum atomic E-state index is 10.3. The quantitative estimate of drug-likeness (QED) is 0.507. The number of carbonyl (C=O) groups excluding carboxylic acids is 1. The Balaban J connectivity index is 2.18. The molecule has 1 amide bonds. The number of amides is 1. The SMILES string of the molecule is NC(=O)COC[C@H]1OC(S)C[C@H]1N. The molecule has 13 heavy (non-hydrogen) atoms. The first-order valence-corrected chi connectivity index (χ1v) is 4.56. The zero-order chi connectivity index (χ0) is 9.84. The molecule has 0 radical (unpaired) electrons. The monoisotopic (exact) mass is 206 g/mol. The number of rotatable bonds is 4. The zero-order valence-corrected chi connectivity index (χ0v) is 8.07. The lowest BCUT2D eigenvalue weighted by Crippen LogP contribution is -2.34. The summed E-state index contributed by atoms with van der Waals surface area (Å²) in [5, 5.41) is 0. The van der Waals surface area contributed by atoms with Gasteiger partial charge in [-0.15, -0.1) is 12.6 Å². The van der Waals surface area contributed by atoms with Crippen LogP contribution in [0, 0.1) is 0 Å². The van der Waals surface area contributed by atoms with Crippen molar-refractivity contribution in [2.24, 2.45) is 11.5 Å². The van der Waals surface area contributed by atoms with Crippen molar-refractivity contribution in [1.29, 1.82) is 0 Å². The summed E-state index contributed by atoms with van der Waals surface area (Å²) in [5.41, 5.74) is 10.5. The number of thiol groups is 1. The van der Waals surface area contributed by atoms with E-state index in [-0.39, 0.29) is 24.2 Å². The van der Waals surface area contributed by atoms with Crippen molar-refractivity contribution in [2.75, 3.05) is 13.2 Å². The van der Waals surface area contributed by atoms with Crippen molar-refractivity contribution >= 4 is 18.5 Å². The number of primary amides is 1. The molecular formula is C7H14N2O3S. The molecule has 0 aromatic heterocycles. The molecule has 3 atom stereocenters. The van der Waals surface area contributed by atoms with Crippen molar-refractivity contribution in [2.45, 2.75) is 24.0 Å². The van der Waals surface area contributed by atoms with E-state index in [0.717, 1.165) is 0 Å². The highest BCUT2D eigenvalue weighted by atomic mass is 32.1. The lowest BCUT2D eigenvalue weighted by Gasteiger charge is -2.13.